The van der Waals surface area contributed by atoms with Gasteiger partial charge in [-0.2, -0.15) is 0 Å². The molecule has 2 heterocycles. The lowest BCUT2D eigenvalue weighted by Crippen LogP contribution is -2.62. The lowest BCUT2D eigenvalue weighted by atomic mass is 9.91. The molecule has 0 bridgehead atoms. The summed E-state index contributed by atoms with van der Waals surface area (Å²) in [6.07, 6.45) is 1.86. The van der Waals surface area contributed by atoms with E-state index in [1.54, 1.807) is 11.3 Å². The molecule has 1 aromatic rings. The van der Waals surface area contributed by atoms with Crippen LogP contribution >= 0.6 is 11.3 Å². The first-order valence-corrected chi connectivity index (χ1v) is 8.14. The van der Waals surface area contributed by atoms with Crippen molar-refractivity contribution in [2.75, 3.05) is 13.1 Å². The molecule has 1 aliphatic rings. The van der Waals surface area contributed by atoms with Crippen molar-refractivity contribution in [1.29, 1.82) is 0 Å². The van der Waals surface area contributed by atoms with Gasteiger partial charge in [0.05, 0.1) is 12.1 Å². The van der Waals surface area contributed by atoms with Crippen LogP contribution in [-0.4, -0.2) is 39.6 Å². The third-order valence-electron chi connectivity index (χ3n) is 3.89. The van der Waals surface area contributed by atoms with E-state index >= 15 is 0 Å². The Labute approximate surface area is 124 Å². The molecule has 0 radical (unpaired) electrons. The number of hydrogen-bond donors (Lipinski definition) is 1. The second kappa shape index (κ2) is 6.18. The maximum atomic E-state index is 12.2. The summed E-state index contributed by atoms with van der Waals surface area (Å²) in [5, 5.41) is 13.6. The summed E-state index contributed by atoms with van der Waals surface area (Å²) in [5.74, 6) is 0.548. The number of rotatable bonds is 5. The summed E-state index contributed by atoms with van der Waals surface area (Å²) in [7, 11) is 0. The number of piperazine rings is 1. The van der Waals surface area contributed by atoms with Crippen LogP contribution < -0.4 is 5.32 Å². The van der Waals surface area contributed by atoms with Crippen LogP contribution in [0.1, 0.15) is 56.5 Å². The first-order chi connectivity index (χ1) is 9.47. The van der Waals surface area contributed by atoms with Crippen LogP contribution in [0.3, 0.4) is 0 Å². The Bertz CT molecular complexity index is 473. The Balaban J connectivity index is 2.14. The molecule has 20 heavy (non-hydrogen) atoms. The average Bonchev–Trinajstić information content (AvgIpc) is 2.85. The molecule has 5 nitrogen and oxygen atoms in total. The van der Waals surface area contributed by atoms with Crippen molar-refractivity contribution in [3.05, 3.63) is 10.0 Å². The van der Waals surface area contributed by atoms with Crippen LogP contribution in [-0.2, 0) is 11.3 Å². The van der Waals surface area contributed by atoms with Crippen molar-refractivity contribution in [2.45, 2.75) is 58.5 Å². The van der Waals surface area contributed by atoms with E-state index in [4.69, 9.17) is 0 Å². The molecule has 1 amide bonds. The first kappa shape index (κ1) is 15.4. The summed E-state index contributed by atoms with van der Waals surface area (Å²) >= 11 is 1.66. The molecule has 0 aromatic carbocycles. The molecule has 112 valence electrons. The Morgan fingerprint density at radius 2 is 2.20 bits per heavy atom. The number of hydrogen-bond acceptors (Lipinski definition) is 5. The predicted molar refractivity (Wildman–Crippen MR) is 80.7 cm³/mol. The molecule has 1 aliphatic heterocycles. The number of aromatic nitrogens is 2. The maximum absolute atomic E-state index is 12.2. The monoisotopic (exact) mass is 296 g/mol. The van der Waals surface area contributed by atoms with Gasteiger partial charge in [0.15, 0.2) is 0 Å². The highest BCUT2D eigenvalue weighted by atomic mass is 32.1. The van der Waals surface area contributed by atoms with Gasteiger partial charge >= 0.3 is 0 Å². The van der Waals surface area contributed by atoms with E-state index in [0.29, 0.717) is 19.0 Å². The molecule has 1 atom stereocenters. The van der Waals surface area contributed by atoms with Gasteiger partial charge < -0.3 is 5.32 Å². The Hall–Kier alpha value is -1.01. The van der Waals surface area contributed by atoms with Crippen LogP contribution in [0.4, 0.5) is 0 Å². The van der Waals surface area contributed by atoms with Gasteiger partial charge in [-0.05, 0) is 13.3 Å². The molecule has 0 spiro atoms. The highest BCUT2D eigenvalue weighted by Crippen LogP contribution is 2.28. The average molecular weight is 296 g/mol. The van der Waals surface area contributed by atoms with E-state index in [1.165, 1.54) is 0 Å². The standard InChI is InChI=1S/C14H24N4OS/c1-5-6-14(4)13(19)15-7-8-18(14)9-11-16-17-12(20-11)10(2)3/h10H,5-9H2,1-4H3,(H,15,19). The van der Waals surface area contributed by atoms with Gasteiger partial charge in [-0.3, -0.25) is 9.69 Å². The highest BCUT2D eigenvalue weighted by Gasteiger charge is 2.41. The van der Waals surface area contributed by atoms with E-state index in [-0.39, 0.29) is 5.91 Å². The third-order valence-corrected chi connectivity index (χ3v) is 5.10. The van der Waals surface area contributed by atoms with Crippen molar-refractivity contribution in [3.63, 3.8) is 0 Å². The molecule has 2 rings (SSSR count). The molecule has 6 heteroatoms. The van der Waals surface area contributed by atoms with Gasteiger partial charge in [0, 0.05) is 19.0 Å². The number of carbonyl (C=O) groups is 1. The second-order valence-electron chi connectivity index (χ2n) is 5.89. The summed E-state index contributed by atoms with van der Waals surface area (Å²) in [6, 6.07) is 0. The molecule has 1 N–H and O–H groups in total. The Morgan fingerprint density at radius 3 is 2.80 bits per heavy atom. The number of carbonyl (C=O) groups excluding carboxylic acids is 1. The lowest BCUT2D eigenvalue weighted by molar-refractivity contribution is -0.137. The molecule has 1 saturated heterocycles. The zero-order valence-electron chi connectivity index (χ0n) is 12.8. The quantitative estimate of drug-likeness (QED) is 0.904. The van der Waals surface area contributed by atoms with Crippen molar-refractivity contribution in [3.8, 4) is 0 Å². The zero-order chi connectivity index (χ0) is 14.8. The topological polar surface area (TPSA) is 58.1 Å². The fraction of sp³-hybridized carbons (Fsp3) is 0.786. The number of nitrogens with zero attached hydrogens (tertiary/aromatic N) is 3. The van der Waals surface area contributed by atoms with Crippen molar-refractivity contribution >= 4 is 17.2 Å². The molecular formula is C14H24N4OS. The van der Waals surface area contributed by atoms with Crippen LogP contribution in [0.15, 0.2) is 0 Å². The molecular weight excluding hydrogens is 272 g/mol. The number of nitrogens with one attached hydrogen (secondary N) is 1. The van der Waals surface area contributed by atoms with Crippen molar-refractivity contribution in [2.24, 2.45) is 0 Å². The summed E-state index contributed by atoms with van der Waals surface area (Å²) in [6.45, 7) is 10.7. The Morgan fingerprint density at radius 1 is 1.45 bits per heavy atom. The summed E-state index contributed by atoms with van der Waals surface area (Å²) in [4.78, 5) is 14.5. The summed E-state index contributed by atoms with van der Waals surface area (Å²) < 4.78 is 0. The van der Waals surface area contributed by atoms with E-state index < -0.39 is 5.54 Å². The fourth-order valence-electron chi connectivity index (χ4n) is 2.62. The van der Waals surface area contributed by atoms with Crippen molar-refractivity contribution in [1.82, 2.24) is 20.4 Å². The fourth-order valence-corrected chi connectivity index (χ4v) is 3.49. The minimum absolute atomic E-state index is 0.138. The highest BCUT2D eigenvalue weighted by molar-refractivity contribution is 7.11. The van der Waals surface area contributed by atoms with Crippen LogP contribution in [0.2, 0.25) is 0 Å². The SMILES string of the molecule is CCCC1(C)C(=O)NCCN1Cc1nnc(C(C)C)s1. The van der Waals surface area contributed by atoms with Gasteiger partial charge in [0.2, 0.25) is 5.91 Å². The van der Waals surface area contributed by atoms with Crippen LogP contribution in [0.5, 0.6) is 0 Å². The first-order valence-electron chi connectivity index (χ1n) is 7.33. The normalized spacial score (nSPS) is 24.1. The Kier molecular flexibility index (Phi) is 4.75. The van der Waals surface area contributed by atoms with Gasteiger partial charge in [0.1, 0.15) is 10.0 Å². The van der Waals surface area contributed by atoms with Crippen molar-refractivity contribution < 1.29 is 4.79 Å². The van der Waals surface area contributed by atoms with Gasteiger partial charge in [0.25, 0.3) is 0 Å². The largest absolute Gasteiger partial charge is 0.353 e. The van der Waals surface area contributed by atoms with Crippen LogP contribution in [0.25, 0.3) is 0 Å². The van der Waals surface area contributed by atoms with E-state index in [2.05, 4.69) is 41.2 Å². The number of amides is 1. The van der Waals surface area contributed by atoms with Gasteiger partial charge in [-0.15, -0.1) is 10.2 Å². The van der Waals surface area contributed by atoms with Gasteiger partial charge in [-0.1, -0.05) is 38.5 Å². The van der Waals surface area contributed by atoms with Gasteiger partial charge in [-0.25, -0.2) is 0 Å². The smallest absolute Gasteiger partial charge is 0.240 e. The molecule has 0 aliphatic carbocycles. The third kappa shape index (κ3) is 3.01. The van der Waals surface area contributed by atoms with E-state index in [0.717, 1.165) is 29.4 Å². The maximum Gasteiger partial charge on any atom is 0.240 e. The minimum atomic E-state index is -0.420. The van der Waals surface area contributed by atoms with E-state index in [1.807, 2.05) is 6.92 Å². The summed E-state index contributed by atoms with van der Waals surface area (Å²) in [5.41, 5.74) is -0.420. The molecule has 1 fully saturated rings. The lowest BCUT2D eigenvalue weighted by Gasteiger charge is -2.43. The zero-order valence-corrected chi connectivity index (χ0v) is 13.6. The molecule has 1 aromatic heterocycles. The predicted octanol–water partition coefficient (Wildman–Crippen LogP) is 2.15. The molecule has 0 saturated carbocycles. The minimum Gasteiger partial charge on any atom is -0.353 e. The second-order valence-corrected chi connectivity index (χ2v) is 6.98. The molecule has 1 unspecified atom stereocenters. The van der Waals surface area contributed by atoms with E-state index in [9.17, 15) is 4.79 Å². The van der Waals surface area contributed by atoms with Crippen LogP contribution in [0, 0.1) is 0 Å².